The lowest BCUT2D eigenvalue weighted by atomic mass is 10.00. The molecule has 0 spiro atoms. The molecule has 4 heteroatoms. The van der Waals surface area contributed by atoms with E-state index in [0.717, 1.165) is 56.7 Å². The van der Waals surface area contributed by atoms with Gasteiger partial charge in [0.15, 0.2) is 0 Å². The van der Waals surface area contributed by atoms with Gasteiger partial charge in [0, 0.05) is 32.4 Å². The molecule has 1 aromatic heterocycles. The lowest BCUT2D eigenvalue weighted by Gasteiger charge is -2.31. The SMILES string of the molecule is CCCN(CCC)c1ccnc(N2CCC(C)CC2)n1. The normalized spacial score (nSPS) is 16.4. The van der Waals surface area contributed by atoms with Gasteiger partial charge in [0.25, 0.3) is 0 Å². The highest BCUT2D eigenvalue weighted by atomic mass is 15.3. The van der Waals surface area contributed by atoms with Crippen molar-refractivity contribution in [1.29, 1.82) is 0 Å². The van der Waals surface area contributed by atoms with Crippen LogP contribution in [0, 0.1) is 5.92 Å². The van der Waals surface area contributed by atoms with Crippen molar-refractivity contribution in [3.8, 4) is 0 Å². The van der Waals surface area contributed by atoms with E-state index in [0.29, 0.717) is 0 Å². The Hall–Kier alpha value is -1.32. The van der Waals surface area contributed by atoms with E-state index in [1.165, 1.54) is 12.8 Å². The highest BCUT2D eigenvalue weighted by Crippen LogP contribution is 2.21. The molecule has 1 aliphatic heterocycles. The van der Waals surface area contributed by atoms with Gasteiger partial charge in [0.05, 0.1) is 0 Å². The number of piperidine rings is 1. The second-order valence-electron chi connectivity index (χ2n) is 5.87. The van der Waals surface area contributed by atoms with Crippen molar-refractivity contribution in [3.63, 3.8) is 0 Å². The Bertz CT molecular complexity index is 393. The molecule has 1 fully saturated rings. The molecule has 0 aliphatic carbocycles. The molecule has 4 nitrogen and oxygen atoms in total. The first-order valence-corrected chi connectivity index (χ1v) is 8.07. The predicted octanol–water partition coefficient (Wildman–Crippen LogP) is 3.34. The minimum absolute atomic E-state index is 0.839. The van der Waals surface area contributed by atoms with E-state index in [1.54, 1.807) is 0 Å². The first-order chi connectivity index (χ1) is 9.74. The van der Waals surface area contributed by atoms with Crippen LogP contribution in [0.15, 0.2) is 12.3 Å². The van der Waals surface area contributed by atoms with E-state index in [4.69, 9.17) is 4.98 Å². The number of anilines is 2. The number of rotatable bonds is 6. The highest BCUT2D eigenvalue weighted by Gasteiger charge is 2.18. The van der Waals surface area contributed by atoms with Crippen LogP contribution < -0.4 is 9.80 Å². The van der Waals surface area contributed by atoms with Gasteiger partial charge in [-0.15, -0.1) is 0 Å². The summed E-state index contributed by atoms with van der Waals surface area (Å²) >= 11 is 0. The van der Waals surface area contributed by atoms with Gasteiger partial charge in [-0.1, -0.05) is 20.8 Å². The van der Waals surface area contributed by atoms with Gasteiger partial charge in [0.1, 0.15) is 5.82 Å². The van der Waals surface area contributed by atoms with Crippen LogP contribution in [0.25, 0.3) is 0 Å². The summed E-state index contributed by atoms with van der Waals surface area (Å²) in [6.07, 6.45) is 6.72. The van der Waals surface area contributed by atoms with E-state index in [9.17, 15) is 0 Å². The maximum absolute atomic E-state index is 4.80. The van der Waals surface area contributed by atoms with E-state index in [2.05, 4.69) is 35.6 Å². The van der Waals surface area contributed by atoms with Gasteiger partial charge in [-0.2, -0.15) is 4.98 Å². The van der Waals surface area contributed by atoms with E-state index >= 15 is 0 Å². The molecule has 0 radical (unpaired) electrons. The standard InChI is InChI=1S/C16H28N4/c1-4-10-19(11-5-2)15-6-9-17-16(18-15)20-12-7-14(3)8-13-20/h6,9,14H,4-5,7-8,10-13H2,1-3H3. The molecule has 0 aromatic carbocycles. The van der Waals surface area contributed by atoms with Crippen LogP contribution in [-0.2, 0) is 0 Å². The highest BCUT2D eigenvalue weighted by molar-refractivity contribution is 5.43. The quantitative estimate of drug-likeness (QED) is 0.797. The molecule has 20 heavy (non-hydrogen) atoms. The number of hydrogen-bond donors (Lipinski definition) is 0. The summed E-state index contributed by atoms with van der Waals surface area (Å²) in [4.78, 5) is 14.0. The largest absolute Gasteiger partial charge is 0.356 e. The van der Waals surface area contributed by atoms with Gasteiger partial charge in [-0.25, -0.2) is 4.98 Å². The van der Waals surface area contributed by atoms with Crippen LogP contribution in [-0.4, -0.2) is 36.1 Å². The molecule has 1 aromatic rings. The fourth-order valence-corrected chi connectivity index (χ4v) is 2.76. The van der Waals surface area contributed by atoms with Crippen molar-refractivity contribution in [3.05, 3.63) is 12.3 Å². The van der Waals surface area contributed by atoms with Crippen molar-refractivity contribution in [1.82, 2.24) is 9.97 Å². The Morgan fingerprint density at radius 1 is 1.20 bits per heavy atom. The zero-order valence-electron chi connectivity index (χ0n) is 13.2. The second-order valence-corrected chi connectivity index (χ2v) is 5.87. The van der Waals surface area contributed by atoms with Crippen molar-refractivity contribution in [2.24, 2.45) is 5.92 Å². The monoisotopic (exact) mass is 276 g/mol. The first kappa shape index (κ1) is 15.1. The average Bonchev–Trinajstić information content (AvgIpc) is 2.48. The third kappa shape index (κ3) is 3.84. The summed E-state index contributed by atoms with van der Waals surface area (Å²) in [5.74, 6) is 2.83. The molecular weight excluding hydrogens is 248 g/mol. The average molecular weight is 276 g/mol. The molecule has 1 aliphatic rings. The summed E-state index contributed by atoms with van der Waals surface area (Å²) in [5.41, 5.74) is 0. The summed E-state index contributed by atoms with van der Waals surface area (Å²) in [7, 11) is 0. The Kier molecular flexibility index (Phi) is 5.62. The first-order valence-electron chi connectivity index (χ1n) is 8.07. The lowest BCUT2D eigenvalue weighted by molar-refractivity contribution is 0.434. The molecule has 2 heterocycles. The van der Waals surface area contributed by atoms with Crippen LogP contribution >= 0.6 is 0 Å². The van der Waals surface area contributed by atoms with Gasteiger partial charge < -0.3 is 9.80 Å². The van der Waals surface area contributed by atoms with Crippen LogP contribution in [0.3, 0.4) is 0 Å². The summed E-state index contributed by atoms with van der Waals surface area (Å²) in [6.45, 7) is 11.1. The molecule has 0 bridgehead atoms. The molecule has 112 valence electrons. The van der Waals surface area contributed by atoms with E-state index in [1.807, 2.05) is 12.3 Å². The van der Waals surface area contributed by atoms with E-state index < -0.39 is 0 Å². The van der Waals surface area contributed by atoms with Crippen molar-refractivity contribution in [2.45, 2.75) is 46.5 Å². The minimum Gasteiger partial charge on any atom is -0.356 e. The van der Waals surface area contributed by atoms with Gasteiger partial charge in [-0.05, 0) is 37.7 Å². The van der Waals surface area contributed by atoms with Gasteiger partial charge >= 0.3 is 0 Å². The molecule has 0 saturated carbocycles. The number of aromatic nitrogens is 2. The minimum atomic E-state index is 0.839. The van der Waals surface area contributed by atoms with E-state index in [-0.39, 0.29) is 0 Å². The molecule has 0 atom stereocenters. The summed E-state index contributed by atoms with van der Waals surface area (Å²) in [5, 5.41) is 0. The number of nitrogens with zero attached hydrogens (tertiary/aromatic N) is 4. The maximum Gasteiger partial charge on any atom is 0.227 e. The van der Waals surface area contributed by atoms with Crippen molar-refractivity contribution < 1.29 is 0 Å². The Morgan fingerprint density at radius 2 is 1.85 bits per heavy atom. The Morgan fingerprint density at radius 3 is 2.45 bits per heavy atom. The Balaban J connectivity index is 2.09. The van der Waals surface area contributed by atoms with Gasteiger partial charge in [0.2, 0.25) is 5.95 Å². The predicted molar refractivity (Wildman–Crippen MR) is 85.4 cm³/mol. The third-order valence-corrected chi connectivity index (χ3v) is 4.01. The molecule has 0 unspecified atom stereocenters. The topological polar surface area (TPSA) is 32.3 Å². The maximum atomic E-state index is 4.80. The molecule has 0 N–H and O–H groups in total. The van der Waals surface area contributed by atoms with Crippen LogP contribution in [0.4, 0.5) is 11.8 Å². The van der Waals surface area contributed by atoms with Crippen molar-refractivity contribution >= 4 is 11.8 Å². The lowest BCUT2D eigenvalue weighted by Crippen LogP contribution is -2.34. The summed E-state index contributed by atoms with van der Waals surface area (Å²) in [6, 6.07) is 2.04. The number of hydrogen-bond acceptors (Lipinski definition) is 4. The molecule has 2 rings (SSSR count). The molecular formula is C16H28N4. The van der Waals surface area contributed by atoms with Crippen LogP contribution in [0.5, 0.6) is 0 Å². The zero-order chi connectivity index (χ0) is 14.4. The fraction of sp³-hybridized carbons (Fsp3) is 0.750. The summed E-state index contributed by atoms with van der Waals surface area (Å²) < 4.78 is 0. The van der Waals surface area contributed by atoms with Crippen LogP contribution in [0.2, 0.25) is 0 Å². The fourth-order valence-electron chi connectivity index (χ4n) is 2.76. The van der Waals surface area contributed by atoms with Gasteiger partial charge in [-0.3, -0.25) is 0 Å². The third-order valence-electron chi connectivity index (χ3n) is 4.01. The smallest absolute Gasteiger partial charge is 0.227 e. The molecule has 1 saturated heterocycles. The second kappa shape index (κ2) is 7.46. The zero-order valence-corrected chi connectivity index (χ0v) is 13.2. The van der Waals surface area contributed by atoms with Crippen molar-refractivity contribution in [2.75, 3.05) is 36.0 Å². The Labute approximate surface area is 123 Å². The molecule has 0 amide bonds. The van der Waals surface area contributed by atoms with Crippen LogP contribution in [0.1, 0.15) is 46.5 Å².